The van der Waals surface area contributed by atoms with E-state index >= 15 is 0 Å². The first-order valence-electron chi connectivity index (χ1n) is 5.28. The molecule has 1 aromatic carbocycles. The van der Waals surface area contributed by atoms with Crippen LogP contribution in [-0.2, 0) is 6.54 Å². The molecule has 8 heteroatoms. The van der Waals surface area contributed by atoms with Gasteiger partial charge in [-0.15, -0.1) is 0 Å². The number of phenols is 1. The van der Waals surface area contributed by atoms with E-state index in [1.54, 1.807) is 6.07 Å². The lowest BCUT2D eigenvalue weighted by Crippen LogP contribution is -1.96. The molecule has 0 radical (unpaired) electrons. The Kier molecular flexibility index (Phi) is 3.91. The fourth-order valence-corrected chi connectivity index (χ4v) is 2.13. The SMILES string of the molecule is COc1cc(-c2noc(CN)n2)c(O)c(Br)c1OC. The van der Waals surface area contributed by atoms with Crippen molar-refractivity contribution >= 4 is 15.9 Å². The summed E-state index contributed by atoms with van der Waals surface area (Å²) in [5.41, 5.74) is 5.75. The highest BCUT2D eigenvalue weighted by molar-refractivity contribution is 9.10. The normalized spacial score (nSPS) is 10.5. The largest absolute Gasteiger partial charge is 0.506 e. The Balaban J connectivity index is 2.60. The highest BCUT2D eigenvalue weighted by atomic mass is 79.9. The molecule has 1 heterocycles. The second-order valence-corrected chi connectivity index (χ2v) is 4.33. The average molecular weight is 330 g/mol. The maximum Gasteiger partial charge on any atom is 0.240 e. The molecule has 0 aliphatic rings. The van der Waals surface area contributed by atoms with Crippen molar-refractivity contribution in [2.24, 2.45) is 5.73 Å². The number of rotatable bonds is 4. The lowest BCUT2D eigenvalue weighted by Gasteiger charge is -2.12. The molecule has 0 atom stereocenters. The van der Waals surface area contributed by atoms with E-state index in [1.807, 2.05) is 0 Å². The van der Waals surface area contributed by atoms with Crippen molar-refractivity contribution in [1.29, 1.82) is 0 Å². The summed E-state index contributed by atoms with van der Waals surface area (Å²) >= 11 is 3.24. The number of methoxy groups -OCH3 is 2. The third-order valence-corrected chi connectivity index (χ3v) is 3.20. The summed E-state index contributed by atoms with van der Waals surface area (Å²) in [4.78, 5) is 4.05. The summed E-state index contributed by atoms with van der Waals surface area (Å²) in [6.45, 7) is 0.127. The van der Waals surface area contributed by atoms with Crippen LogP contribution in [0, 0.1) is 0 Å². The Labute approximate surface area is 117 Å². The van der Waals surface area contributed by atoms with Crippen LogP contribution >= 0.6 is 15.9 Å². The van der Waals surface area contributed by atoms with Crippen LogP contribution in [0.1, 0.15) is 5.89 Å². The molecule has 0 saturated carbocycles. The van der Waals surface area contributed by atoms with Crippen LogP contribution in [0.2, 0.25) is 0 Å². The topological polar surface area (TPSA) is 104 Å². The third-order valence-electron chi connectivity index (χ3n) is 2.47. The van der Waals surface area contributed by atoms with Gasteiger partial charge in [0, 0.05) is 0 Å². The third kappa shape index (κ3) is 2.36. The summed E-state index contributed by atoms with van der Waals surface area (Å²) in [6, 6.07) is 1.56. The minimum absolute atomic E-state index is 0.0676. The van der Waals surface area contributed by atoms with Crippen LogP contribution < -0.4 is 15.2 Å². The highest BCUT2D eigenvalue weighted by Crippen LogP contribution is 2.46. The van der Waals surface area contributed by atoms with Gasteiger partial charge in [0.05, 0.1) is 26.3 Å². The van der Waals surface area contributed by atoms with Gasteiger partial charge in [0.15, 0.2) is 11.5 Å². The average Bonchev–Trinajstić information content (AvgIpc) is 2.90. The summed E-state index contributed by atoms with van der Waals surface area (Å²) in [5.74, 6) is 1.24. The smallest absolute Gasteiger partial charge is 0.240 e. The molecule has 2 aromatic rings. The van der Waals surface area contributed by atoms with Crippen molar-refractivity contribution in [2.45, 2.75) is 6.54 Å². The van der Waals surface area contributed by atoms with Gasteiger partial charge in [-0.25, -0.2) is 0 Å². The van der Waals surface area contributed by atoms with Gasteiger partial charge in [0.25, 0.3) is 0 Å². The fourth-order valence-electron chi connectivity index (χ4n) is 1.56. The van der Waals surface area contributed by atoms with Crippen molar-refractivity contribution in [1.82, 2.24) is 10.1 Å². The zero-order chi connectivity index (χ0) is 14.0. The molecular formula is C11H12BrN3O4. The van der Waals surface area contributed by atoms with Gasteiger partial charge in [-0.1, -0.05) is 5.16 Å². The van der Waals surface area contributed by atoms with Gasteiger partial charge < -0.3 is 24.8 Å². The first-order valence-corrected chi connectivity index (χ1v) is 6.08. The van der Waals surface area contributed by atoms with E-state index < -0.39 is 0 Å². The Bertz CT molecular complexity index is 600. The summed E-state index contributed by atoms with van der Waals surface area (Å²) in [5, 5.41) is 13.9. The standard InChI is InChI=1S/C11H12BrN3O4/c1-17-6-3-5(9(16)8(12)10(6)18-2)11-14-7(4-13)19-15-11/h3,16H,4,13H2,1-2H3. The number of phenolic OH excluding ortho intramolecular Hbond substituents is 1. The van der Waals surface area contributed by atoms with E-state index in [0.29, 0.717) is 21.5 Å². The lowest BCUT2D eigenvalue weighted by atomic mass is 10.1. The van der Waals surface area contributed by atoms with E-state index in [-0.39, 0.29) is 24.0 Å². The zero-order valence-electron chi connectivity index (χ0n) is 10.3. The minimum atomic E-state index is -0.0676. The molecule has 19 heavy (non-hydrogen) atoms. The van der Waals surface area contributed by atoms with Crippen molar-refractivity contribution in [2.75, 3.05) is 14.2 Å². The van der Waals surface area contributed by atoms with Crippen molar-refractivity contribution in [3.63, 3.8) is 0 Å². The van der Waals surface area contributed by atoms with Crippen molar-refractivity contribution in [3.05, 3.63) is 16.4 Å². The number of nitrogens with zero attached hydrogens (tertiary/aromatic N) is 2. The van der Waals surface area contributed by atoms with Crippen molar-refractivity contribution in [3.8, 4) is 28.6 Å². The molecule has 0 aliphatic heterocycles. The molecule has 0 amide bonds. The van der Waals surface area contributed by atoms with E-state index in [1.165, 1.54) is 14.2 Å². The first-order chi connectivity index (χ1) is 9.12. The van der Waals surface area contributed by atoms with E-state index in [4.69, 9.17) is 19.7 Å². The second kappa shape index (κ2) is 5.45. The molecule has 0 fully saturated rings. The lowest BCUT2D eigenvalue weighted by molar-refractivity contribution is 0.349. The van der Waals surface area contributed by atoms with Crippen molar-refractivity contribution < 1.29 is 19.1 Å². The number of benzene rings is 1. The number of ether oxygens (including phenoxy) is 2. The fraction of sp³-hybridized carbons (Fsp3) is 0.273. The van der Waals surface area contributed by atoms with Crippen LogP contribution in [0.4, 0.5) is 0 Å². The van der Waals surface area contributed by atoms with E-state index in [0.717, 1.165) is 0 Å². The van der Waals surface area contributed by atoms with Gasteiger partial charge in [-0.2, -0.15) is 4.98 Å². The van der Waals surface area contributed by atoms with Crippen LogP contribution in [0.3, 0.4) is 0 Å². The second-order valence-electron chi connectivity index (χ2n) is 3.54. The molecule has 2 rings (SSSR count). The van der Waals surface area contributed by atoms with Crippen LogP contribution in [0.5, 0.6) is 17.2 Å². The molecule has 0 bridgehead atoms. The molecule has 0 aliphatic carbocycles. The minimum Gasteiger partial charge on any atom is -0.506 e. The number of hydrogen-bond donors (Lipinski definition) is 2. The summed E-state index contributed by atoms with van der Waals surface area (Å²) < 4.78 is 15.6. The van der Waals surface area contributed by atoms with Gasteiger partial charge in [0.1, 0.15) is 10.2 Å². The molecule has 0 unspecified atom stereocenters. The Morgan fingerprint density at radius 2 is 2.16 bits per heavy atom. The Morgan fingerprint density at radius 1 is 1.42 bits per heavy atom. The highest BCUT2D eigenvalue weighted by Gasteiger charge is 2.21. The van der Waals surface area contributed by atoms with E-state index in [9.17, 15) is 5.11 Å². The molecular weight excluding hydrogens is 318 g/mol. The quantitative estimate of drug-likeness (QED) is 0.879. The Morgan fingerprint density at radius 3 is 2.68 bits per heavy atom. The van der Waals surface area contributed by atoms with Gasteiger partial charge in [-0.3, -0.25) is 0 Å². The molecule has 102 valence electrons. The van der Waals surface area contributed by atoms with Crippen LogP contribution in [0.15, 0.2) is 15.1 Å². The number of aromatic hydroxyl groups is 1. The maximum atomic E-state index is 10.1. The molecule has 1 aromatic heterocycles. The number of aromatic nitrogens is 2. The predicted molar refractivity (Wildman–Crippen MR) is 70.1 cm³/mol. The van der Waals surface area contributed by atoms with E-state index in [2.05, 4.69) is 26.1 Å². The maximum absolute atomic E-state index is 10.1. The summed E-state index contributed by atoms with van der Waals surface area (Å²) in [6.07, 6.45) is 0. The first kappa shape index (κ1) is 13.6. The van der Waals surface area contributed by atoms with Gasteiger partial charge >= 0.3 is 0 Å². The van der Waals surface area contributed by atoms with Crippen LogP contribution in [0.25, 0.3) is 11.4 Å². The Hall–Kier alpha value is -1.80. The van der Waals surface area contributed by atoms with Crippen LogP contribution in [-0.4, -0.2) is 29.5 Å². The monoisotopic (exact) mass is 329 g/mol. The molecule has 7 nitrogen and oxygen atoms in total. The number of hydrogen-bond acceptors (Lipinski definition) is 7. The predicted octanol–water partition coefficient (Wildman–Crippen LogP) is 1.68. The molecule has 0 saturated heterocycles. The number of halogens is 1. The van der Waals surface area contributed by atoms with Gasteiger partial charge in [0.2, 0.25) is 11.7 Å². The van der Waals surface area contributed by atoms with Gasteiger partial charge in [-0.05, 0) is 22.0 Å². The molecule has 0 spiro atoms. The number of nitrogens with two attached hydrogens (primary N) is 1. The molecule has 3 N–H and O–H groups in total. The zero-order valence-corrected chi connectivity index (χ0v) is 11.9. The summed E-state index contributed by atoms with van der Waals surface area (Å²) in [7, 11) is 2.97.